The Kier molecular flexibility index (Phi) is 5.53. The van der Waals surface area contributed by atoms with Crippen molar-refractivity contribution < 1.29 is 23.6 Å². The van der Waals surface area contributed by atoms with Crippen molar-refractivity contribution in [2.24, 2.45) is 0 Å². The summed E-state index contributed by atoms with van der Waals surface area (Å²) >= 11 is 0. The van der Waals surface area contributed by atoms with Crippen LogP contribution >= 0.6 is 0 Å². The van der Waals surface area contributed by atoms with Gasteiger partial charge >= 0.3 is 5.97 Å². The monoisotopic (exact) mass is 387 g/mol. The Morgan fingerprint density at radius 2 is 1.96 bits per heavy atom. The molecule has 2 aromatic carbocycles. The number of carbonyl (C=O) groups is 2. The molecule has 146 valence electrons. The van der Waals surface area contributed by atoms with E-state index in [2.05, 4.69) is 0 Å². The second-order valence-corrected chi connectivity index (χ2v) is 6.45. The molecule has 0 saturated heterocycles. The van der Waals surface area contributed by atoms with Crippen LogP contribution < -0.4 is 5.73 Å². The van der Waals surface area contributed by atoms with Crippen molar-refractivity contribution in [3.8, 4) is 0 Å². The zero-order valence-corrected chi connectivity index (χ0v) is 14.8. The molecule has 28 heavy (non-hydrogen) atoms. The molecule has 0 atom stereocenters. The van der Waals surface area contributed by atoms with E-state index in [1.165, 1.54) is 17.0 Å². The van der Waals surface area contributed by atoms with Gasteiger partial charge in [-0.1, -0.05) is 18.2 Å². The first-order valence-electron chi connectivity index (χ1n) is 8.60. The van der Waals surface area contributed by atoms with Crippen LogP contribution in [0.1, 0.15) is 28.8 Å². The number of anilines is 1. The Labute approximate surface area is 159 Å². The number of carbonyl (C=O) groups excluding carboxylic acids is 2. The minimum Gasteiger partial charge on any atom is -0.452 e. The third-order valence-corrected chi connectivity index (χ3v) is 4.40. The van der Waals surface area contributed by atoms with E-state index in [4.69, 9.17) is 10.5 Å². The first-order valence-corrected chi connectivity index (χ1v) is 8.60. The SMILES string of the molecule is Nc1cc([N+](=O)[O-])ccc1C(=O)OCC(=O)N(Cc1ccccc1F)C1CC1. The molecule has 1 fully saturated rings. The molecule has 9 heteroatoms. The van der Waals surface area contributed by atoms with Crippen molar-refractivity contribution in [2.45, 2.75) is 25.4 Å². The van der Waals surface area contributed by atoms with Gasteiger partial charge in [-0.05, 0) is 25.0 Å². The van der Waals surface area contributed by atoms with Crippen molar-refractivity contribution >= 4 is 23.3 Å². The fourth-order valence-electron chi connectivity index (χ4n) is 2.75. The summed E-state index contributed by atoms with van der Waals surface area (Å²) in [5.41, 5.74) is 5.61. The first-order chi connectivity index (χ1) is 13.4. The number of halogens is 1. The minimum atomic E-state index is -0.859. The molecule has 2 aromatic rings. The highest BCUT2D eigenvalue weighted by atomic mass is 19.1. The fourth-order valence-corrected chi connectivity index (χ4v) is 2.75. The number of amides is 1. The van der Waals surface area contributed by atoms with Gasteiger partial charge in [0.1, 0.15) is 5.82 Å². The van der Waals surface area contributed by atoms with E-state index in [0.717, 1.165) is 25.0 Å². The number of nitro groups is 1. The molecule has 0 unspecified atom stereocenters. The Bertz CT molecular complexity index is 930. The zero-order chi connectivity index (χ0) is 20.3. The lowest BCUT2D eigenvalue weighted by atomic mass is 10.1. The number of nitro benzene ring substituents is 1. The number of ether oxygens (including phenoxy) is 1. The van der Waals surface area contributed by atoms with Gasteiger partial charge in [-0.2, -0.15) is 0 Å². The van der Waals surface area contributed by atoms with E-state index in [1.807, 2.05) is 0 Å². The van der Waals surface area contributed by atoms with E-state index >= 15 is 0 Å². The van der Waals surface area contributed by atoms with Crippen molar-refractivity contribution in [2.75, 3.05) is 12.3 Å². The van der Waals surface area contributed by atoms with Crippen LogP contribution in [0.3, 0.4) is 0 Å². The Hall–Kier alpha value is -3.49. The molecule has 1 saturated carbocycles. The van der Waals surface area contributed by atoms with Crippen LogP contribution in [0.25, 0.3) is 0 Å². The summed E-state index contributed by atoms with van der Waals surface area (Å²) in [6.07, 6.45) is 1.62. The predicted molar refractivity (Wildman–Crippen MR) is 97.8 cm³/mol. The van der Waals surface area contributed by atoms with E-state index in [-0.39, 0.29) is 29.5 Å². The summed E-state index contributed by atoms with van der Waals surface area (Å²) in [6.45, 7) is -0.437. The maximum atomic E-state index is 13.9. The number of nitrogens with zero attached hydrogens (tertiary/aromatic N) is 2. The van der Waals surface area contributed by atoms with Crippen LogP contribution in [-0.4, -0.2) is 34.3 Å². The molecule has 1 aliphatic rings. The molecule has 0 spiro atoms. The lowest BCUT2D eigenvalue weighted by Gasteiger charge is -2.22. The average molecular weight is 387 g/mol. The number of hydrogen-bond donors (Lipinski definition) is 1. The number of esters is 1. The summed E-state index contributed by atoms with van der Waals surface area (Å²) in [4.78, 5) is 36.3. The molecule has 8 nitrogen and oxygen atoms in total. The van der Waals surface area contributed by atoms with Gasteiger partial charge in [0.25, 0.3) is 11.6 Å². The van der Waals surface area contributed by atoms with Gasteiger partial charge in [0.2, 0.25) is 0 Å². The number of benzene rings is 2. The van der Waals surface area contributed by atoms with Crippen LogP contribution in [-0.2, 0) is 16.1 Å². The first kappa shape index (κ1) is 19.3. The van der Waals surface area contributed by atoms with Gasteiger partial charge in [0.05, 0.1) is 16.2 Å². The van der Waals surface area contributed by atoms with Gasteiger partial charge in [-0.3, -0.25) is 14.9 Å². The quantitative estimate of drug-likeness (QED) is 0.338. The highest BCUT2D eigenvalue weighted by Crippen LogP contribution is 2.29. The summed E-state index contributed by atoms with van der Waals surface area (Å²) in [5.74, 6) is -1.71. The van der Waals surface area contributed by atoms with Crippen molar-refractivity contribution in [3.05, 3.63) is 69.5 Å². The molecular formula is C19H18FN3O5. The van der Waals surface area contributed by atoms with Crippen LogP contribution in [0.15, 0.2) is 42.5 Å². The number of hydrogen-bond acceptors (Lipinski definition) is 6. The molecule has 2 N–H and O–H groups in total. The minimum absolute atomic E-state index is 0.00440. The van der Waals surface area contributed by atoms with E-state index < -0.39 is 29.2 Å². The number of nitrogen functional groups attached to an aromatic ring is 1. The molecular weight excluding hydrogens is 369 g/mol. The highest BCUT2D eigenvalue weighted by molar-refractivity contribution is 5.96. The molecule has 0 radical (unpaired) electrons. The Morgan fingerprint density at radius 1 is 1.25 bits per heavy atom. The average Bonchev–Trinajstić information content (AvgIpc) is 3.50. The lowest BCUT2D eigenvalue weighted by molar-refractivity contribution is -0.384. The van der Waals surface area contributed by atoms with Gasteiger partial charge in [-0.25, -0.2) is 9.18 Å². The van der Waals surface area contributed by atoms with Gasteiger partial charge in [0.15, 0.2) is 6.61 Å². The smallest absolute Gasteiger partial charge is 0.340 e. The Morgan fingerprint density at radius 3 is 2.57 bits per heavy atom. The summed E-state index contributed by atoms with van der Waals surface area (Å²) in [5, 5.41) is 10.7. The van der Waals surface area contributed by atoms with E-state index in [1.54, 1.807) is 18.2 Å². The predicted octanol–water partition coefficient (Wildman–Crippen LogP) is 2.66. The highest BCUT2D eigenvalue weighted by Gasteiger charge is 2.33. The summed E-state index contributed by atoms with van der Waals surface area (Å²) in [7, 11) is 0. The zero-order valence-electron chi connectivity index (χ0n) is 14.8. The van der Waals surface area contributed by atoms with Crippen LogP contribution in [0, 0.1) is 15.9 Å². The van der Waals surface area contributed by atoms with Crippen molar-refractivity contribution in [1.82, 2.24) is 4.90 Å². The number of rotatable bonds is 7. The summed E-state index contributed by atoms with van der Waals surface area (Å²) in [6, 6.07) is 9.53. The Balaban J connectivity index is 1.64. The topological polar surface area (TPSA) is 116 Å². The largest absolute Gasteiger partial charge is 0.452 e. The van der Waals surface area contributed by atoms with Crippen molar-refractivity contribution in [1.29, 1.82) is 0 Å². The molecule has 3 rings (SSSR count). The molecule has 0 heterocycles. The number of nitrogens with two attached hydrogens (primary N) is 1. The van der Waals surface area contributed by atoms with Gasteiger partial charge in [-0.15, -0.1) is 0 Å². The van der Waals surface area contributed by atoms with E-state index in [9.17, 15) is 24.1 Å². The molecule has 0 bridgehead atoms. The van der Waals surface area contributed by atoms with Crippen LogP contribution in [0.4, 0.5) is 15.8 Å². The van der Waals surface area contributed by atoms with Crippen LogP contribution in [0.5, 0.6) is 0 Å². The second-order valence-electron chi connectivity index (χ2n) is 6.45. The maximum absolute atomic E-state index is 13.9. The molecule has 0 aliphatic heterocycles. The molecule has 0 aromatic heterocycles. The maximum Gasteiger partial charge on any atom is 0.340 e. The second kappa shape index (κ2) is 8.03. The molecule has 1 aliphatic carbocycles. The third kappa shape index (κ3) is 4.43. The lowest BCUT2D eigenvalue weighted by Crippen LogP contribution is -2.36. The van der Waals surface area contributed by atoms with Crippen molar-refractivity contribution in [3.63, 3.8) is 0 Å². The summed E-state index contributed by atoms with van der Waals surface area (Å²) < 4.78 is 18.9. The standard InChI is InChI=1S/C19H18FN3O5/c20-16-4-2-1-3-12(16)10-22(13-5-6-13)18(24)11-28-19(25)15-8-7-14(23(26)27)9-17(15)21/h1-4,7-9,13H,5-6,10-11,21H2. The van der Waals surface area contributed by atoms with Crippen LogP contribution in [0.2, 0.25) is 0 Å². The number of non-ortho nitro benzene ring substituents is 1. The van der Waals surface area contributed by atoms with E-state index in [0.29, 0.717) is 5.56 Å². The normalized spacial score (nSPS) is 13.0. The fraction of sp³-hybridized carbons (Fsp3) is 0.263. The molecule has 1 amide bonds. The van der Waals surface area contributed by atoms with Gasteiger partial charge < -0.3 is 15.4 Å². The third-order valence-electron chi connectivity index (χ3n) is 4.40. The van der Waals surface area contributed by atoms with Gasteiger partial charge in [0, 0.05) is 30.3 Å².